The topological polar surface area (TPSA) is 51.2 Å². The maximum Gasteiger partial charge on any atom is 0.226 e. The van der Waals surface area contributed by atoms with E-state index in [1.807, 2.05) is 0 Å². The zero-order valence-corrected chi connectivity index (χ0v) is 16.7. The lowest BCUT2D eigenvalue weighted by Crippen LogP contribution is -2.12. The van der Waals surface area contributed by atoms with Crippen molar-refractivity contribution in [3.05, 3.63) is 63.5 Å². The molecule has 146 valence electrons. The quantitative estimate of drug-likeness (QED) is 0.443. The third-order valence-corrected chi connectivity index (χ3v) is 4.95. The number of nitrogens with zero attached hydrogens (tertiary/aromatic N) is 1. The molecule has 1 N–H and O–H groups in total. The molecule has 0 saturated heterocycles. The third kappa shape index (κ3) is 5.41. The maximum atomic E-state index is 13.8. The Labute approximate surface area is 174 Å². The number of hydrogen-bond acceptors (Lipinski definition) is 4. The second-order valence-electron chi connectivity index (χ2n) is 5.74. The van der Waals surface area contributed by atoms with E-state index in [4.69, 9.17) is 27.9 Å². The van der Waals surface area contributed by atoms with Gasteiger partial charge in [-0.2, -0.15) is 0 Å². The molecule has 0 aliphatic rings. The number of carbonyl (C=O) groups excluding carboxylic acids is 1. The summed E-state index contributed by atoms with van der Waals surface area (Å²) in [5.74, 6) is -1.11. The highest BCUT2D eigenvalue weighted by Gasteiger charge is 2.12. The van der Waals surface area contributed by atoms with Crippen LogP contribution in [-0.4, -0.2) is 17.5 Å². The molecule has 0 saturated carbocycles. The monoisotopic (exact) mass is 442 g/mol. The molecular formula is C19H14Cl2F2N2O2S. The normalized spacial score (nSPS) is 10.7. The fraction of sp³-hybridized carbons (Fsp3) is 0.158. The first-order chi connectivity index (χ1) is 13.4. The molecule has 28 heavy (non-hydrogen) atoms. The lowest BCUT2D eigenvalue weighted by atomic mass is 10.1. The van der Waals surface area contributed by atoms with Gasteiger partial charge in [-0.15, -0.1) is 11.3 Å². The van der Waals surface area contributed by atoms with Crippen molar-refractivity contribution in [2.45, 2.75) is 12.8 Å². The lowest BCUT2D eigenvalue weighted by Gasteiger charge is -2.08. The van der Waals surface area contributed by atoms with Crippen LogP contribution in [0.25, 0.3) is 11.3 Å². The summed E-state index contributed by atoms with van der Waals surface area (Å²) in [7, 11) is 0. The molecule has 1 heterocycles. The van der Waals surface area contributed by atoms with E-state index in [0.717, 1.165) is 23.5 Å². The van der Waals surface area contributed by atoms with Gasteiger partial charge >= 0.3 is 0 Å². The Morgan fingerprint density at radius 1 is 1.18 bits per heavy atom. The summed E-state index contributed by atoms with van der Waals surface area (Å²) >= 11 is 13.0. The first kappa shape index (κ1) is 20.5. The molecule has 3 aromatic rings. The minimum absolute atomic E-state index is 0.173. The predicted molar refractivity (Wildman–Crippen MR) is 107 cm³/mol. The van der Waals surface area contributed by atoms with E-state index < -0.39 is 11.6 Å². The van der Waals surface area contributed by atoms with Crippen LogP contribution in [0, 0.1) is 11.6 Å². The predicted octanol–water partition coefficient (Wildman–Crippen LogP) is 6.19. The van der Waals surface area contributed by atoms with Gasteiger partial charge in [-0.05, 0) is 36.8 Å². The fourth-order valence-electron chi connectivity index (χ4n) is 2.34. The van der Waals surface area contributed by atoms with Crippen molar-refractivity contribution < 1.29 is 18.3 Å². The van der Waals surface area contributed by atoms with Crippen molar-refractivity contribution in [2.24, 2.45) is 0 Å². The highest BCUT2D eigenvalue weighted by Crippen LogP contribution is 2.28. The van der Waals surface area contributed by atoms with Gasteiger partial charge in [0.15, 0.2) is 5.13 Å². The zero-order chi connectivity index (χ0) is 20.1. The van der Waals surface area contributed by atoms with Crippen molar-refractivity contribution in [3.8, 4) is 17.0 Å². The second-order valence-corrected chi connectivity index (χ2v) is 7.44. The van der Waals surface area contributed by atoms with Gasteiger partial charge in [0.25, 0.3) is 0 Å². The van der Waals surface area contributed by atoms with E-state index in [-0.39, 0.29) is 17.9 Å². The van der Waals surface area contributed by atoms with Gasteiger partial charge in [-0.1, -0.05) is 23.2 Å². The van der Waals surface area contributed by atoms with Crippen molar-refractivity contribution in [1.82, 2.24) is 4.98 Å². The zero-order valence-electron chi connectivity index (χ0n) is 14.3. The smallest absolute Gasteiger partial charge is 0.226 e. The molecule has 9 heteroatoms. The number of rotatable bonds is 7. The van der Waals surface area contributed by atoms with Gasteiger partial charge in [0.05, 0.1) is 17.3 Å². The number of anilines is 1. The van der Waals surface area contributed by atoms with Crippen LogP contribution in [0.15, 0.2) is 41.8 Å². The van der Waals surface area contributed by atoms with Crippen molar-refractivity contribution in [1.29, 1.82) is 0 Å². The van der Waals surface area contributed by atoms with Crippen LogP contribution in [0.3, 0.4) is 0 Å². The number of nitrogens with one attached hydrogen (secondary N) is 1. The summed E-state index contributed by atoms with van der Waals surface area (Å²) in [6, 6.07) is 8.17. The molecular weight excluding hydrogens is 429 g/mol. The number of hydrogen-bond donors (Lipinski definition) is 1. The average molecular weight is 443 g/mol. The number of amides is 1. The van der Waals surface area contributed by atoms with E-state index in [9.17, 15) is 13.6 Å². The standard InChI is InChI=1S/C19H14Cl2F2N2O2S/c20-11-3-6-17(14(21)8-11)27-7-1-2-18(26)25-19-24-16(10-28-19)13-5-4-12(22)9-15(13)23/h3-6,8-10H,1-2,7H2,(H,24,25,26). The minimum Gasteiger partial charge on any atom is -0.492 e. The van der Waals surface area contributed by atoms with E-state index in [2.05, 4.69) is 10.3 Å². The Hall–Kier alpha value is -2.22. The molecule has 0 radical (unpaired) electrons. The second kappa shape index (κ2) is 9.32. The largest absolute Gasteiger partial charge is 0.492 e. The Bertz CT molecular complexity index is 998. The van der Waals surface area contributed by atoms with Gasteiger partial charge in [-0.25, -0.2) is 13.8 Å². The summed E-state index contributed by atoms with van der Waals surface area (Å²) in [5.41, 5.74) is 0.505. The summed E-state index contributed by atoms with van der Waals surface area (Å²) in [6.07, 6.45) is 0.681. The SMILES string of the molecule is O=C(CCCOc1ccc(Cl)cc1Cl)Nc1nc(-c2ccc(F)cc2F)cs1. The first-order valence-electron chi connectivity index (χ1n) is 8.21. The summed E-state index contributed by atoms with van der Waals surface area (Å²) in [5, 5.41) is 5.50. The molecule has 2 aromatic carbocycles. The number of ether oxygens (including phenoxy) is 1. The highest BCUT2D eigenvalue weighted by molar-refractivity contribution is 7.14. The lowest BCUT2D eigenvalue weighted by molar-refractivity contribution is -0.116. The summed E-state index contributed by atoms with van der Waals surface area (Å²) in [6.45, 7) is 0.304. The van der Waals surface area contributed by atoms with Crippen molar-refractivity contribution in [2.75, 3.05) is 11.9 Å². The van der Waals surface area contributed by atoms with Crippen molar-refractivity contribution >= 4 is 45.6 Å². The van der Waals surface area contributed by atoms with Gasteiger partial charge in [-0.3, -0.25) is 4.79 Å². The van der Waals surface area contributed by atoms with Crippen LogP contribution in [0.5, 0.6) is 5.75 Å². The molecule has 0 spiro atoms. The molecule has 0 fully saturated rings. The van der Waals surface area contributed by atoms with E-state index in [0.29, 0.717) is 39.6 Å². The Morgan fingerprint density at radius 2 is 2.00 bits per heavy atom. The number of carbonyl (C=O) groups is 1. The Morgan fingerprint density at radius 3 is 2.75 bits per heavy atom. The number of thiazole rings is 1. The fourth-order valence-corrected chi connectivity index (χ4v) is 3.53. The maximum absolute atomic E-state index is 13.8. The molecule has 0 aliphatic carbocycles. The number of halogens is 4. The number of benzene rings is 2. The summed E-state index contributed by atoms with van der Waals surface area (Å²) in [4.78, 5) is 16.2. The van der Waals surface area contributed by atoms with Crippen molar-refractivity contribution in [3.63, 3.8) is 0 Å². The highest BCUT2D eigenvalue weighted by atomic mass is 35.5. The van der Waals surface area contributed by atoms with Crippen LogP contribution >= 0.6 is 34.5 Å². The van der Waals surface area contributed by atoms with E-state index >= 15 is 0 Å². The average Bonchev–Trinajstić information content (AvgIpc) is 3.08. The Balaban J connectivity index is 1.48. The molecule has 0 aliphatic heterocycles. The van der Waals surface area contributed by atoms with Crippen LogP contribution in [0.1, 0.15) is 12.8 Å². The van der Waals surface area contributed by atoms with Crippen LogP contribution in [0.2, 0.25) is 10.0 Å². The molecule has 4 nitrogen and oxygen atoms in total. The van der Waals surface area contributed by atoms with Gasteiger partial charge in [0, 0.05) is 28.5 Å². The first-order valence-corrected chi connectivity index (χ1v) is 9.84. The molecule has 0 atom stereocenters. The molecule has 1 amide bonds. The van der Waals surface area contributed by atoms with E-state index in [1.165, 1.54) is 6.07 Å². The van der Waals surface area contributed by atoms with Gasteiger partial charge in [0.2, 0.25) is 5.91 Å². The number of aromatic nitrogens is 1. The molecule has 0 bridgehead atoms. The third-order valence-electron chi connectivity index (χ3n) is 3.66. The summed E-state index contributed by atoms with van der Waals surface area (Å²) < 4.78 is 32.3. The molecule has 0 unspecified atom stereocenters. The Kier molecular flexibility index (Phi) is 6.83. The van der Waals surface area contributed by atoms with Crippen LogP contribution < -0.4 is 10.1 Å². The molecule has 1 aromatic heterocycles. The van der Waals surface area contributed by atoms with Gasteiger partial charge in [0.1, 0.15) is 17.4 Å². The van der Waals surface area contributed by atoms with E-state index in [1.54, 1.807) is 23.6 Å². The van der Waals surface area contributed by atoms with Crippen LogP contribution in [0.4, 0.5) is 13.9 Å². The van der Waals surface area contributed by atoms with Crippen LogP contribution in [-0.2, 0) is 4.79 Å². The minimum atomic E-state index is -0.707. The molecule has 3 rings (SSSR count). The van der Waals surface area contributed by atoms with Gasteiger partial charge < -0.3 is 10.1 Å².